The molecule has 6 nitrogen and oxygen atoms in total. The van der Waals surface area contributed by atoms with Crippen LogP contribution in [-0.2, 0) is 19.4 Å². The maximum atomic E-state index is 13.7. The third kappa shape index (κ3) is 4.72. The Balaban J connectivity index is 1.84. The van der Waals surface area contributed by atoms with Crippen molar-refractivity contribution in [2.75, 3.05) is 7.11 Å². The third-order valence-electron chi connectivity index (χ3n) is 5.66. The molecular formula is C26H26FN3O3. The van der Waals surface area contributed by atoms with Gasteiger partial charge in [0.15, 0.2) is 5.89 Å². The first-order valence-electron chi connectivity index (χ1n) is 10.8. The van der Waals surface area contributed by atoms with E-state index in [9.17, 15) is 9.18 Å². The number of para-hydroxylation sites is 1. The second-order valence-electron chi connectivity index (χ2n) is 7.97. The van der Waals surface area contributed by atoms with Crippen LogP contribution in [0.3, 0.4) is 0 Å². The summed E-state index contributed by atoms with van der Waals surface area (Å²) >= 11 is 0. The van der Waals surface area contributed by atoms with E-state index in [4.69, 9.17) is 9.15 Å². The van der Waals surface area contributed by atoms with Gasteiger partial charge < -0.3 is 9.15 Å². The highest BCUT2D eigenvalue weighted by molar-refractivity contribution is 5.75. The summed E-state index contributed by atoms with van der Waals surface area (Å²) in [5.41, 5.74) is 4.14. The molecule has 0 bridgehead atoms. The van der Waals surface area contributed by atoms with Gasteiger partial charge in [0, 0.05) is 23.6 Å². The summed E-state index contributed by atoms with van der Waals surface area (Å²) in [6.07, 6.45) is 0.941. The van der Waals surface area contributed by atoms with Crippen molar-refractivity contribution in [2.45, 2.75) is 40.2 Å². The quantitative estimate of drug-likeness (QED) is 0.407. The van der Waals surface area contributed by atoms with Gasteiger partial charge in [-0.15, -0.1) is 0 Å². The van der Waals surface area contributed by atoms with Gasteiger partial charge in [-0.25, -0.2) is 14.1 Å². The van der Waals surface area contributed by atoms with Crippen molar-refractivity contribution < 1.29 is 13.5 Å². The summed E-state index contributed by atoms with van der Waals surface area (Å²) in [6, 6.07) is 14.0. The van der Waals surface area contributed by atoms with Crippen molar-refractivity contribution in [2.24, 2.45) is 0 Å². The van der Waals surface area contributed by atoms with Crippen molar-refractivity contribution in [1.29, 1.82) is 0 Å². The van der Waals surface area contributed by atoms with Gasteiger partial charge in [-0.2, -0.15) is 5.10 Å². The molecule has 0 amide bonds. The molecular weight excluding hydrogens is 421 g/mol. The van der Waals surface area contributed by atoms with Gasteiger partial charge in [0.1, 0.15) is 23.0 Å². The number of halogens is 1. The highest BCUT2D eigenvalue weighted by Gasteiger charge is 2.20. The molecule has 2 aromatic heterocycles. The predicted octanol–water partition coefficient (Wildman–Crippen LogP) is 4.80. The Morgan fingerprint density at radius 3 is 2.55 bits per heavy atom. The molecule has 2 aromatic carbocycles. The molecule has 7 heteroatoms. The van der Waals surface area contributed by atoms with E-state index < -0.39 is 0 Å². The minimum atomic E-state index is -0.294. The highest BCUT2D eigenvalue weighted by atomic mass is 19.1. The minimum absolute atomic E-state index is 0.210. The third-order valence-corrected chi connectivity index (χ3v) is 5.66. The molecule has 4 aromatic rings. The van der Waals surface area contributed by atoms with Crippen molar-refractivity contribution in [3.8, 4) is 16.9 Å². The normalized spacial score (nSPS) is 11.1. The summed E-state index contributed by atoms with van der Waals surface area (Å²) in [4.78, 5) is 18.0. The number of rotatable bonds is 7. The zero-order valence-corrected chi connectivity index (χ0v) is 19.2. The zero-order chi connectivity index (χ0) is 23.5. The average Bonchev–Trinajstić information content (AvgIpc) is 3.11. The number of oxazole rings is 1. The van der Waals surface area contributed by atoms with Crippen LogP contribution in [0.4, 0.5) is 4.39 Å². The molecule has 0 radical (unpaired) electrons. The number of nitrogens with zero attached hydrogens (tertiary/aromatic N) is 3. The number of hydrogen-bond donors (Lipinski definition) is 0. The molecule has 0 aliphatic heterocycles. The van der Waals surface area contributed by atoms with Crippen LogP contribution in [0.5, 0.6) is 5.75 Å². The highest BCUT2D eigenvalue weighted by Crippen LogP contribution is 2.33. The first-order chi connectivity index (χ1) is 15.9. The fraction of sp³-hybridized carbons (Fsp3) is 0.269. The fourth-order valence-corrected chi connectivity index (χ4v) is 4.13. The molecule has 0 saturated heterocycles. The number of aromatic nitrogens is 3. The Labute approximate surface area is 191 Å². The minimum Gasteiger partial charge on any atom is -0.496 e. The van der Waals surface area contributed by atoms with Crippen molar-refractivity contribution in [1.82, 2.24) is 14.8 Å². The molecule has 0 saturated carbocycles. The van der Waals surface area contributed by atoms with E-state index in [2.05, 4.69) is 10.1 Å². The first-order valence-corrected chi connectivity index (χ1v) is 10.8. The van der Waals surface area contributed by atoms with E-state index in [1.54, 1.807) is 20.1 Å². The number of hydrogen-bond acceptors (Lipinski definition) is 5. The molecule has 170 valence electrons. The molecule has 33 heavy (non-hydrogen) atoms. The summed E-state index contributed by atoms with van der Waals surface area (Å²) in [7, 11) is 1.60. The Hall–Kier alpha value is -3.74. The monoisotopic (exact) mass is 447 g/mol. The number of ether oxygens (including phenoxy) is 1. The van der Waals surface area contributed by atoms with Crippen molar-refractivity contribution in [3.63, 3.8) is 0 Å². The van der Waals surface area contributed by atoms with E-state index in [0.29, 0.717) is 47.2 Å². The Morgan fingerprint density at radius 2 is 1.85 bits per heavy atom. The number of benzene rings is 2. The van der Waals surface area contributed by atoms with Crippen molar-refractivity contribution >= 4 is 0 Å². The van der Waals surface area contributed by atoms with E-state index >= 15 is 0 Å². The van der Waals surface area contributed by atoms with Crippen LogP contribution >= 0.6 is 0 Å². The molecule has 0 atom stereocenters. The Kier molecular flexibility index (Phi) is 6.40. The Morgan fingerprint density at radius 1 is 1.06 bits per heavy atom. The van der Waals surface area contributed by atoms with Crippen molar-refractivity contribution in [3.05, 3.63) is 98.9 Å². The Bertz CT molecular complexity index is 1360. The molecule has 0 spiro atoms. The summed E-state index contributed by atoms with van der Waals surface area (Å²) in [5, 5.41) is 4.61. The second kappa shape index (κ2) is 9.40. The van der Waals surface area contributed by atoms with Gasteiger partial charge in [-0.1, -0.05) is 30.3 Å². The molecule has 2 heterocycles. The molecule has 0 N–H and O–H groups in total. The predicted molar refractivity (Wildman–Crippen MR) is 124 cm³/mol. The smallest absolute Gasteiger partial charge is 0.270 e. The van der Waals surface area contributed by atoms with Crippen LogP contribution in [0, 0.1) is 26.6 Å². The fourth-order valence-electron chi connectivity index (χ4n) is 4.13. The lowest BCUT2D eigenvalue weighted by Gasteiger charge is -2.17. The van der Waals surface area contributed by atoms with Gasteiger partial charge in [0.2, 0.25) is 0 Å². The van der Waals surface area contributed by atoms with Gasteiger partial charge in [0.25, 0.3) is 5.56 Å². The summed E-state index contributed by atoms with van der Waals surface area (Å²) in [5.74, 6) is 1.57. The van der Waals surface area contributed by atoms with Crippen LogP contribution in [0.15, 0.2) is 57.7 Å². The lowest BCUT2D eigenvalue weighted by Crippen LogP contribution is -2.29. The molecule has 0 fully saturated rings. The summed E-state index contributed by atoms with van der Waals surface area (Å²) in [6.45, 7) is 5.68. The van der Waals surface area contributed by atoms with Gasteiger partial charge >= 0.3 is 0 Å². The molecule has 0 aliphatic rings. The van der Waals surface area contributed by atoms with Crippen LogP contribution in [0.25, 0.3) is 11.1 Å². The van der Waals surface area contributed by atoms with E-state index in [-0.39, 0.29) is 17.9 Å². The zero-order valence-electron chi connectivity index (χ0n) is 19.2. The molecule has 0 unspecified atom stereocenters. The topological polar surface area (TPSA) is 70.2 Å². The summed E-state index contributed by atoms with van der Waals surface area (Å²) < 4.78 is 26.2. The van der Waals surface area contributed by atoms with E-state index in [0.717, 1.165) is 16.7 Å². The van der Waals surface area contributed by atoms with Gasteiger partial charge in [-0.05, 0) is 50.5 Å². The van der Waals surface area contributed by atoms with E-state index in [1.807, 2.05) is 44.2 Å². The molecule has 4 rings (SSSR count). The standard InChI is InChI=1S/C26H26FN3O3/c1-16-25(21-10-5-6-11-24(21)32-4)22(13-12-19-8-7-9-20(27)14-19)26(31)30(29-16)15-23-17(2)33-18(3)28-23/h5-11,14H,12-13,15H2,1-4H3. The lowest BCUT2D eigenvalue weighted by molar-refractivity contribution is 0.416. The number of methoxy groups -OCH3 is 1. The van der Waals surface area contributed by atoms with Crippen LogP contribution < -0.4 is 10.3 Å². The maximum absolute atomic E-state index is 13.7. The SMILES string of the molecule is COc1ccccc1-c1c(C)nn(Cc2nc(C)oc2C)c(=O)c1CCc1cccc(F)c1. The maximum Gasteiger partial charge on any atom is 0.270 e. The first kappa shape index (κ1) is 22.5. The van der Waals surface area contributed by atoms with Crippen LogP contribution in [0.2, 0.25) is 0 Å². The van der Waals surface area contributed by atoms with Crippen LogP contribution in [-0.4, -0.2) is 21.9 Å². The largest absolute Gasteiger partial charge is 0.496 e. The lowest BCUT2D eigenvalue weighted by atomic mass is 9.94. The van der Waals surface area contributed by atoms with E-state index in [1.165, 1.54) is 16.8 Å². The van der Waals surface area contributed by atoms with Gasteiger partial charge in [-0.3, -0.25) is 4.79 Å². The van der Waals surface area contributed by atoms with Crippen LogP contribution in [0.1, 0.15) is 34.2 Å². The average molecular weight is 448 g/mol. The molecule has 0 aliphatic carbocycles. The van der Waals surface area contributed by atoms with Gasteiger partial charge in [0.05, 0.1) is 19.3 Å². The second-order valence-corrected chi connectivity index (χ2v) is 7.97. The number of aryl methyl sites for hydroxylation is 4.